The second-order valence-corrected chi connectivity index (χ2v) is 11.2. The summed E-state index contributed by atoms with van der Waals surface area (Å²) in [6.07, 6.45) is 1.41. The molecular formula is C24H15ClIN3O5S2. The van der Waals surface area contributed by atoms with E-state index in [1.54, 1.807) is 48.5 Å². The van der Waals surface area contributed by atoms with Gasteiger partial charge >= 0.3 is 0 Å². The number of hydrogen-bond donors (Lipinski definition) is 1. The summed E-state index contributed by atoms with van der Waals surface area (Å²) in [6.45, 7) is -0.440. The van der Waals surface area contributed by atoms with Crippen molar-refractivity contribution >= 4 is 92.2 Å². The van der Waals surface area contributed by atoms with E-state index in [1.165, 1.54) is 23.9 Å². The summed E-state index contributed by atoms with van der Waals surface area (Å²) in [5.41, 5.74) is 0.794. The van der Waals surface area contributed by atoms with E-state index in [4.69, 9.17) is 11.6 Å². The molecule has 1 N–H and O–H groups in total. The number of rotatable bonds is 7. The van der Waals surface area contributed by atoms with Gasteiger partial charge in [-0.3, -0.25) is 29.4 Å². The first kappa shape index (κ1) is 26.2. The third-order valence-corrected chi connectivity index (χ3v) is 7.77. The molecule has 182 valence electrons. The van der Waals surface area contributed by atoms with Gasteiger partial charge in [-0.15, -0.1) is 0 Å². The zero-order valence-corrected chi connectivity index (χ0v) is 22.7. The summed E-state index contributed by atoms with van der Waals surface area (Å²) in [7, 11) is 0. The van der Waals surface area contributed by atoms with Crippen LogP contribution >= 0.6 is 57.7 Å². The summed E-state index contributed by atoms with van der Waals surface area (Å²) in [5.74, 6) is -1.15. The molecule has 0 radical (unpaired) electrons. The normalized spacial score (nSPS) is 14.4. The zero-order valence-electron chi connectivity index (χ0n) is 18.1. The van der Waals surface area contributed by atoms with E-state index in [-0.39, 0.29) is 10.6 Å². The lowest BCUT2D eigenvalue weighted by atomic mass is 10.2. The van der Waals surface area contributed by atoms with Crippen molar-refractivity contribution in [1.82, 2.24) is 4.90 Å². The van der Waals surface area contributed by atoms with Gasteiger partial charge in [0.05, 0.1) is 14.7 Å². The van der Waals surface area contributed by atoms with Crippen LogP contribution in [0.1, 0.15) is 5.56 Å². The molecular weight excluding hydrogens is 637 g/mol. The van der Waals surface area contributed by atoms with E-state index >= 15 is 0 Å². The van der Waals surface area contributed by atoms with Crippen LogP contribution in [0.2, 0.25) is 5.02 Å². The molecule has 0 unspecified atom stereocenters. The molecule has 0 saturated carbocycles. The highest BCUT2D eigenvalue weighted by molar-refractivity contribution is 14.1. The molecule has 3 aromatic carbocycles. The van der Waals surface area contributed by atoms with Crippen molar-refractivity contribution in [2.45, 2.75) is 9.79 Å². The van der Waals surface area contributed by atoms with Gasteiger partial charge in [0.1, 0.15) is 6.54 Å². The maximum Gasteiger partial charge on any atom is 0.294 e. The van der Waals surface area contributed by atoms with Gasteiger partial charge in [-0.05, 0) is 101 Å². The highest BCUT2D eigenvalue weighted by Gasteiger charge is 2.36. The van der Waals surface area contributed by atoms with Crippen molar-refractivity contribution in [3.8, 4) is 0 Å². The summed E-state index contributed by atoms with van der Waals surface area (Å²) in [4.78, 5) is 50.9. The van der Waals surface area contributed by atoms with Gasteiger partial charge in [0, 0.05) is 25.2 Å². The minimum absolute atomic E-state index is 0.0782. The van der Waals surface area contributed by atoms with E-state index in [0.29, 0.717) is 32.9 Å². The molecule has 1 aliphatic heterocycles. The topological polar surface area (TPSA) is 110 Å². The first-order chi connectivity index (χ1) is 17.2. The lowest BCUT2D eigenvalue weighted by Gasteiger charge is -2.12. The highest BCUT2D eigenvalue weighted by Crippen LogP contribution is 2.37. The van der Waals surface area contributed by atoms with E-state index < -0.39 is 28.5 Å². The van der Waals surface area contributed by atoms with Gasteiger partial charge in [-0.25, -0.2) is 0 Å². The van der Waals surface area contributed by atoms with Gasteiger partial charge < -0.3 is 5.32 Å². The Kier molecular flexibility index (Phi) is 8.34. The Morgan fingerprint density at radius 3 is 2.47 bits per heavy atom. The lowest BCUT2D eigenvalue weighted by Crippen LogP contribution is -2.36. The number of carbonyl (C=O) groups is 3. The Bertz CT molecular complexity index is 1400. The second-order valence-electron chi connectivity index (χ2n) is 7.36. The fraction of sp³-hybridized carbons (Fsp3) is 0.0417. The number of nitrogens with zero attached hydrogens (tertiary/aromatic N) is 2. The molecule has 3 aromatic rings. The van der Waals surface area contributed by atoms with E-state index in [0.717, 1.165) is 13.4 Å². The fourth-order valence-electron chi connectivity index (χ4n) is 3.15. The molecule has 0 aliphatic carbocycles. The average molecular weight is 652 g/mol. The average Bonchev–Trinajstić information content (AvgIpc) is 3.10. The Morgan fingerprint density at radius 1 is 1.11 bits per heavy atom. The molecule has 1 heterocycles. The molecule has 1 aliphatic rings. The van der Waals surface area contributed by atoms with Crippen LogP contribution in [0.15, 0.2) is 81.4 Å². The molecule has 0 bridgehead atoms. The number of hydrogen-bond acceptors (Lipinski definition) is 7. The van der Waals surface area contributed by atoms with Crippen molar-refractivity contribution in [2.24, 2.45) is 0 Å². The molecule has 0 atom stereocenters. The molecule has 0 spiro atoms. The number of thioether (sulfide) groups is 1. The third kappa shape index (κ3) is 6.46. The minimum atomic E-state index is -0.634. The van der Waals surface area contributed by atoms with Gasteiger partial charge in [0.2, 0.25) is 5.91 Å². The van der Waals surface area contributed by atoms with Crippen molar-refractivity contribution in [1.29, 1.82) is 0 Å². The fourth-order valence-corrected chi connectivity index (χ4v) is 5.37. The summed E-state index contributed by atoms with van der Waals surface area (Å²) in [5, 5.41) is 14.3. The predicted octanol–water partition coefficient (Wildman–Crippen LogP) is 6.68. The Morgan fingerprint density at radius 2 is 1.81 bits per heavy atom. The van der Waals surface area contributed by atoms with Gasteiger partial charge in [-0.2, -0.15) is 0 Å². The van der Waals surface area contributed by atoms with Gasteiger partial charge in [-0.1, -0.05) is 29.4 Å². The predicted molar refractivity (Wildman–Crippen MR) is 149 cm³/mol. The van der Waals surface area contributed by atoms with E-state index in [2.05, 4.69) is 27.9 Å². The summed E-state index contributed by atoms with van der Waals surface area (Å²) >= 11 is 9.93. The molecule has 1 fully saturated rings. The maximum absolute atomic E-state index is 12.8. The number of imide groups is 1. The number of amides is 3. The minimum Gasteiger partial charge on any atom is -0.325 e. The number of carbonyl (C=O) groups excluding carboxylic acids is 3. The number of nitro groups is 1. The van der Waals surface area contributed by atoms with Crippen LogP contribution in [0.4, 0.5) is 16.2 Å². The molecule has 8 nitrogen and oxygen atoms in total. The largest absolute Gasteiger partial charge is 0.325 e. The Balaban J connectivity index is 1.49. The number of nitrogens with one attached hydrogen (secondary N) is 1. The van der Waals surface area contributed by atoms with Crippen LogP contribution < -0.4 is 5.32 Å². The zero-order chi connectivity index (χ0) is 25.8. The number of nitro benzene ring substituents is 1. The highest BCUT2D eigenvalue weighted by atomic mass is 127. The van der Waals surface area contributed by atoms with Gasteiger partial charge in [0.15, 0.2) is 0 Å². The van der Waals surface area contributed by atoms with Crippen LogP contribution in [0.3, 0.4) is 0 Å². The maximum atomic E-state index is 12.8. The van der Waals surface area contributed by atoms with Crippen LogP contribution in [-0.4, -0.2) is 33.4 Å². The molecule has 1 saturated heterocycles. The van der Waals surface area contributed by atoms with E-state index in [1.807, 2.05) is 12.1 Å². The first-order valence-electron chi connectivity index (χ1n) is 10.2. The SMILES string of the molecule is O=C(CN1C(=O)S/C(=C\c2ccc(Sc3ccc(Cl)cc3)c([N+](=O)[O-])c2)C1=O)Nc1ccc(I)cc1. The number of anilines is 1. The van der Waals surface area contributed by atoms with Crippen molar-refractivity contribution in [3.63, 3.8) is 0 Å². The van der Waals surface area contributed by atoms with E-state index in [9.17, 15) is 24.5 Å². The van der Waals surface area contributed by atoms with Crippen LogP contribution in [0.25, 0.3) is 6.08 Å². The first-order valence-corrected chi connectivity index (χ1v) is 13.3. The molecule has 12 heteroatoms. The summed E-state index contributed by atoms with van der Waals surface area (Å²) < 4.78 is 0.999. The van der Waals surface area contributed by atoms with Crippen molar-refractivity contribution in [3.05, 3.63) is 95.9 Å². The smallest absolute Gasteiger partial charge is 0.294 e. The van der Waals surface area contributed by atoms with Crippen LogP contribution in [0, 0.1) is 13.7 Å². The lowest BCUT2D eigenvalue weighted by molar-refractivity contribution is -0.387. The quantitative estimate of drug-likeness (QED) is 0.131. The Labute approximate surface area is 232 Å². The van der Waals surface area contributed by atoms with Crippen LogP contribution in [-0.2, 0) is 9.59 Å². The van der Waals surface area contributed by atoms with Crippen LogP contribution in [0.5, 0.6) is 0 Å². The molecule has 4 rings (SSSR count). The number of halogens is 2. The van der Waals surface area contributed by atoms with Crippen molar-refractivity contribution in [2.75, 3.05) is 11.9 Å². The molecule has 0 aromatic heterocycles. The second kappa shape index (κ2) is 11.5. The Hall–Kier alpha value is -2.87. The monoisotopic (exact) mass is 651 g/mol. The number of benzene rings is 3. The standard InChI is InChI=1S/C24H15ClIN3O5S2/c25-15-2-8-18(9-3-15)35-20-10-1-14(11-19(20)29(33)34)12-21-23(31)28(24(32)36-21)13-22(30)27-17-6-4-16(26)5-7-17/h1-12H,13H2,(H,27,30)/b21-12-. The van der Waals surface area contributed by atoms with Crippen molar-refractivity contribution < 1.29 is 19.3 Å². The molecule has 3 amide bonds. The molecule has 36 heavy (non-hydrogen) atoms. The summed E-state index contributed by atoms with van der Waals surface area (Å²) in [6, 6.07) is 18.5. The third-order valence-electron chi connectivity index (χ3n) is 4.82. The van der Waals surface area contributed by atoms with Gasteiger partial charge in [0.25, 0.3) is 16.8 Å².